The van der Waals surface area contributed by atoms with Crippen LogP contribution in [-0.2, 0) is 10.0 Å². The van der Waals surface area contributed by atoms with Crippen molar-refractivity contribution in [3.8, 4) is 5.75 Å². The summed E-state index contributed by atoms with van der Waals surface area (Å²) in [5.74, 6) is 1.11. The summed E-state index contributed by atoms with van der Waals surface area (Å²) in [6.07, 6.45) is 2.45. The number of hydrogen-bond acceptors (Lipinski definition) is 4. The number of nitrogens with zero attached hydrogens (tertiary/aromatic N) is 1. The second-order valence-electron chi connectivity index (χ2n) is 6.55. The summed E-state index contributed by atoms with van der Waals surface area (Å²) in [6, 6.07) is 13.1. The molecule has 1 N–H and O–H groups in total. The van der Waals surface area contributed by atoms with Crippen LogP contribution in [0.5, 0.6) is 5.75 Å². The van der Waals surface area contributed by atoms with E-state index < -0.39 is 10.0 Å². The number of anilines is 1. The normalized spacial score (nSPS) is 14.3. The number of nitrogens with one attached hydrogen (secondary N) is 1. The molecule has 1 aliphatic rings. The maximum atomic E-state index is 12.4. The molecule has 0 aliphatic heterocycles. The summed E-state index contributed by atoms with van der Waals surface area (Å²) in [6.45, 7) is 0.721. The molecule has 0 radical (unpaired) electrons. The van der Waals surface area contributed by atoms with E-state index in [1.54, 1.807) is 36.4 Å². The first kappa shape index (κ1) is 18.4. The van der Waals surface area contributed by atoms with Crippen molar-refractivity contribution >= 4 is 21.6 Å². The molecule has 1 saturated carbocycles. The highest BCUT2D eigenvalue weighted by molar-refractivity contribution is 7.89. The van der Waals surface area contributed by atoms with Gasteiger partial charge < -0.3 is 10.1 Å². The third kappa shape index (κ3) is 4.42. The summed E-state index contributed by atoms with van der Waals surface area (Å²) >= 11 is 0. The van der Waals surface area contributed by atoms with Gasteiger partial charge in [-0.05, 0) is 61.2 Å². The van der Waals surface area contributed by atoms with Gasteiger partial charge in [0.05, 0.1) is 11.5 Å². The summed E-state index contributed by atoms with van der Waals surface area (Å²) in [5.41, 5.74) is 0.900. The first-order chi connectivity index (χ1) is 12.4. The molecule has 0 heterocycles. The zero-order chi connectivity index (χ0) is 18.7. The summed E-state index contributed by atoms with van der Waals surface area (Å²) in [4.78, 5) is 12.5. The van der Waals surface area contributed by atoms with E-state index in [0.29, 0.717) is 17.2 Å². The predicted octanol–water partition coefficient (Wildman–Crippen LogP) is 2.98. The molecule has 2 aromatic carbocycles. The smallest absolute Gasteiger partial charge is 0.255 e. The van der Waals surface area contributed by atoms with Crippen LogP contribution >= 0.6 is 0 Å². The Hall–Kier alpha value is -2.38. The fourth-order valence-corrected chi connectivity index (χ4v) is 3.30. The highest BCUT2D eigenvalue weighted by atomic mass is 32.2. The molecule has 1 aliphatic carbocycles. The molecule has 0 atom stereocenters. The number of rotatable bonds is 7. The van der Waals surface area contributed by atoms with Crippen molar-refractivity contribution in [1.82, 2.24) is 4.31 Å². The highest BCUT2D eigenvalue weighted by Gasteiger charge is 2.22. The van der Waals surface area contributed by atoms with E-state index in [1.165, 1.54) is 39.1 Å². The summed E-state index contributed by atoms with van der Waals surface area (Å²) in [7, 11) is -0.617. The lowest BCUT2D eigenvalue weighted by Gasteiger charge is -2.13. The summed E-state index contributed by atoms with van der Waals surface area (Å²) in [5, 5.41) is 2.73. The molecule has 1 amide bonds. The van der Waals surface area contributed by atoms with Crippen LogP contribution in [0.2, 0.25) is 0 Å². The topological polar surface area (TPSA) is 75.7 Å². The maximum Gasteiger partial charge on any atom is 0.255 e. The SMILES string of the molecule is CN(C)S(=O)(=O)c1cccc(NC(=O)c2ccc(OCC3CC3)cc2)c1. The number of benzene rings is 2. The van der Waals surface area contributed by atoms with Crippen LogP contribution in [0.4, 0.5) is 5.69 Å². The van der Waals surface area contributed by atoms with Gasteiger partial charge in [0, 0.05) is 25.3 Å². The van der Waals surface area contributed by atoms with Crippen LogP contribution in [0.15, 0.2) is 53.4 Å². The molecule has 2 aromatic rings. The van der Waals surface area contributed by atoms with Gasteiger partial charge in [-0.3, -0.25) is 4.79 Å². The molecule has 26 heavy (non-hydrogen) atoms. The van der Waals surface area contributed by atoms with Crippen molar-refractivity contribution in [1.29, 1.82) is 0 Å². The first-order valence-corrected chi connectivity index (χ1v) is 9.87. The minimum absolute atomic E-state index is 0.129. The molecule has 6 nitrogen and oxygen atoms in total. The van der Waals surface area contributed by atoms with Gasteiger partial charge in [-0.15, -0.1) is 0 Å². The fraction of sp³-hybridized carbons (Fsp3) is 0.316. The van der Waals surface area contributed by atoms with Gasteiger partial charge in [-0.25, -0.2) is 12.7 Å². The number of hydrogen-bond donors (Lipinski definition) is 1. The van der Waals surface area contributed by atoms with E-state index >= 15 is 0 Å². The molecule has 0 unspecified atom stereocenters. The molecule has 7 heteroatoms. The van der Waals surface area contributed by atoms with Gasteiger partial charge in [-0.1, -0.05) is 6.07 Å². The van der Waals surface area contributed by atoms with Crippen LogP contribution < -0.4 is 10.1 Å². The molecule has 138 valence electrons. The molecular weight excluding hydrogens is 352 g/mol. The van der Waals surface area contributed by atoms with Crippen molar-refractivity contribution in [2.45, 2.75) is 17.7 Å². The zero-order valence-electron chi connectivity index (χ0n) is 14.8. The molecule has 3 rings (SSSR count). The Morgan fingerprint density at radius 1 is 1.15 bits per heavy atom. The quantitative estimate of drug-likeness (QED) is 0.808. The van der Waals surface area contributed by atoms with E-state index in [-0.39, 0.29) is 10.8 Å². The number of ether oxygens (including phenoxy) is 1. The summed E-state index contributed by atoms with van der Waals surface area (Å²) < 4.78 is 31.2. The monoisotopic (exact) mass is 374 g/mol. The van der Waals surface area contributed by atoms with Crippen molar-refractivity contribution in [2.24, 2.45) is 5.92 Å². The molecule has 0 saturated heterocycles. The van der Waals surface area contributed by atoms with Gasteiger partial charge in [0.25, 0.3) is 5.91 Å². The zero-order valence-corrected chi connectivity index (χ0v) is 15.6. The second-order valence-corrected chi connectivity index (χ2v) is 8.70. The van der Waals surface area contributed by atoms with Crippen LogP contribution in [0.1, 0.15) is 23.2 Å². The Bertz CT molecular complexity index is 888. The van der Waals surface area contributed by atoms with Crippen molar-refractivity contribution in [3.05, 3.63) is 54.1 Å². The van der Waals surface area contributed by atoms with E-state index in [2.05, 4.69) is 5.32 Å². The van der Waals surface area contributed by atoms with E-state index in [4.69, 9.17) is 4.74 Å². The Balaban J connectivity index is 1.67. The largest absolute Gasteiger partial charge is 0.493 e. The van der Waals surface area contributed by atoms with E-state index in [1.807, 2.05) is 0 Å². The lowest BCUT2D eigenvalue weighted by molar-refractivity contribution is 0.102. The maximum absolute atomic E-state index is 12.4. The minimum atomic E-state index is -3.55. The standard InChI is InChI=1S/C19H22N2O4S/c1-21(2)26(23,24)18-5-3-4-16(12-18)20-19(22)15-8-10-17(11-9-15)25-13-14-6-7-14/h3-5,8-12,14H,6-7,13H2,1-2H3,(H,20,22). The van der Waals surface area contributed by atoms with Gasteiger partial charge in [-0.2, -0.15) is 0 Å². The van der Waals surface area contributed by atoms with Gasteiger partial charge in [0.1, 0.15) is 5.75 Å². The Morgan fingerprint density at radius 2 is 1.85 bits per heavy atom. The number of sulfonamides is 1. The van der Waals surface area contributed by atoms with Gasteiger partial charge in [0.15, 0.2) is 0 Å². The van der Waals surface area contributed by atoms with Crippen molar-refractivity contribution in [3.63, 3.8) is 0 Å². The molecular formula is C19H22N2O4S. The Morgan fingerprint density at radius 3 is 2.46 bits per heavy atom. The first-order valence-electron chi connectivity index (χ1n) is 8.43. The Labute approximate surface area is 153 Å². The molecule has 1 fully saturated rings. The van der Waals surface area contributed by atoms with E-state index in [0.717, 1.165) is 16.7 Å². The Kier molecular flexibility index (Phi) is 5.29. The molecule has 0 aromatic heterocycles. The lowest BCUT2D eigenvalue weighted by atomic mass is 10.2. The number of amides is 1. The lowest BCUT2D eigenvalue weighted by Crippen LogP contribution is -2.22. The van der Waals surface area contributed by atoms with Crippen LogP contribution in [0, 0.1) is 5.92 Å². The number of carbonyl (C=O) groups is 1. The second kappa shape index (κ2) is 7.47. The number of carbonyl (C=O) groups excluding carboxylic acids is 1. The van der Waals surface area contributed by atoms with Gasteiger partial charge >= 0.3 is 0 Å². The van der Waals surface area contributed by atoms with Crippen LogP contribution in [0.25, 0.3) is 0 Å². The highest BCUT2D eigenvalue weighted by Crippen LogP contribution is 2.29. The van der Waals surface area contributed by atoms with E-state index in [9.17, 15) is 13.2 Å². The van der Waals surface area contributed by atoms with Crippen molar-refractivity contribution in [2.75, 3.05) is 26.0 Å². The molecule has 0 spiro atoms. The average Bonchev–Trinajstić information content (AvgIpc) is 3.45. The van der Waals surface area contributed by atoms with Gasteiger partial charge in [0.2, 0.25) is 10.0 Å². The fourth-order valence-electron chi connectivity index (χ4n) is 2.35. The average molecular weight is 374 g/mol. The van der Waals surface area contributed by atoms with Crippen LogP contribution in [-0.4, -0.2) is 39.3 Å². The molecule has 0 bridgehead atoms. The third-order valence-corrected chi connectivity index (χ3v) is 5.98. The minimum Gasteiger partial charge on any atom is -0.493 e. The predicted molar refractivity (Wildman–Crippen MR) is 99.9 cm³/mol. The van der Waals surface area contributed by atoms with Crippen LogP contribution in [0.3, 0.4) is 0 Å². The van der Waals surface area contributed by atoms with Crippen molar-refractivity contribution < 1.29 is 17.9 Å². The third-order valence-electron chi connectivity index (χ3n) is 4.17.